The molecule has 1 atom stereocenters. The maximum absolute atomic E-state index is 13.0. The van der Waals surface area contributed by atoms with E-state index < -0.39 is 0 Å². The number of nitrogens with one attached hydrogen (secondary N) is 2. The Kier molecular flexibility index (Phi) is 6.51. The second kappa shape index (κ2) is 9.87. The molecule has 5 rings (SSSR count). The molecule has 1 aliphatic carbocycles. The first-order valence-corrected chi connectivity index (χ1v) is 12.4. The molecule has 2 amide bonds. The van der Waals surface area contributed by atoms with Crippen LogP contribution in [0, 0.1) is 0 Å². The number of aromatic nitrogens is 1. The molecule has 2 fully saturated rings. The van der Waals surface area contributed by atoms with Crippen LogP contribution in [0.5, 0.6) is 0 Å². The summed E-state index contributed by atoms with van der Waals surface area (Å²) in [4.78, 5) is 44.2. The van der Waals surface area contributed by atoms with Gasteiger partial charge in [-0.15, -0.1) is 11.3 Å². The highest BCUT2D eigenvalue weighted by Crippen LogP contribution is 2.27. The third-order valence-electron chi connectivity index (χ3n) is 6.20. The van der Waals surface area contributed by atoms with Crippen molar-refractivity contribution in [2.75, 3.05) is 18.4 Å². The van der Waals surface area contributed by atoms with Crippen LogP contribution in [0.1, 0.15) is 46.4 Å². The molecule has 174 valence electrons. The zero-order chi connectivity index (χ0) is 23.5. The highest BCUT2D eigenvalue weighted by atomic mass is 32.1. The topological polar surface area (TPSA) is 91.4 Å². The molecule has 1 saturated carbocycles. The summed E-state index contributed by atoms with van der Waals surface area (Å²) in [6.45, 7) is 0.951. The van der Waals surface area contributed by atoms with Gasteiger partial charge in [0.05, 0.1) is 18.3 Å². The molecule has 1 aliphatic heterocycles. The summed E-state index contributed by atoms with van der Waals surface area (Å²) in [5, 5.41) is 8.32. The lowest BCUT2D eigenvalue weighted by Crippen LogP contribution is -2.42. The summed E-state index contributed by atoms with van der Waals surface area (Å²) in [5.74, 6) is -0.162. The van der Waals surface area contributed by atoms with E-state index in [-0.39, 0.29) is 30.2 Å². The molecule has 8 heteroatoms. The van der Waals surface area contributed by atoms with Gasteiger partial charge in [0, 0.05) is 28.1 Å². The molecule has 2 aliphatic rings. The van der Waals surface area contributed by atoms with E-state index in [4.69, 9.17) is 0 Å². The molecular formula is C26H26N4O3S. The van der Waals surface area contributed by atoms with Crippen molar-refractivity contribution < 1.29 is 14.4 Å². The molecule has 0 unspecified atom stereocenters. The Labute approximate surface area is 202 Å². The molecule has 0 spiro atoms. The Hall–Kier alpha value is -3.36. The van der Waals surface area contributed by atoms with E-state index in [1.165, 1.54) is 11.3 Å². The number of carbonyl (C=O) groups excluding carboxylic acids is 3. The summed E-state index contributed by atoms with van der Waals surface area (Å²) < 4.78 is 0. The summed E-state index contributed by atoms with van der Waals surface area (Å²) in [7, 11) is 0. The average Bonchev–Trinajstić information content (AvgIpc) is 3.35. The van der Waals surface area contributed by atoms with Crippen LogP contribution in [-0.2, 0) is 4.79 Å². The van der Waals surface area contributed by atoms with Crippen molar-refractivity contribution in [3.63, 3.8) is 0 Å². The number of anilines is 1. The summed E-state index contributed by atoms with van der Waals surface area (Å²) in [5.41, 5.74) is 2.92. The number of carbonyl (C=O) groups is 3. The van der Waals surface area contributed by atoms with Crippen LogP contribution in [-0.4, -0.2) is 52.7 Å². The predicted octanol–water partition coefficient (Wildman–Crippen LogP) is 3.99. The summed E-state index contributed by atoms with van der Waals surface area (Å²) in [6.07, 6.45) is 3.71. The maximum atomic E-state index is 13.0. The zero-order valence-corrected chi connectivity index (χ0v) is 19.5. The van der Waals surface area contributed by atoms with Crippen molar-refractivity contribution in [3.05, 3.63) is 71.1 Å². The fourth-order valence-electron chi connectivity index (χ4n) is 4.15. The number of Topliss-reactive ketones (excluding diaryl/α,β-unsaturated/α-hetero) is 1. The number of rotatable bonds is 8. The van der Waals surface area contributed by atoms with E-state index in [0.29, 0.717) is 22.3 Å². The number of hydrogen-bond acceptors (Lipinski definition) is 6. The summed E-state index contributed by atoms with van der Waals surface area (Å²) in [6, 6.07) is 16.5. The molecule has 0 bridgehead atoms. The van der Waals surface area contributed by atoms with Crippen molar-refractivity contribution >= 4 is 34.1 Å². The lowest BCUT2D eigenvalue weighted by atomic mass is 10.1. The molecule has 2 heterocycles. The van der Waals surface area contributed by atoms with Crippen LogP contribution in [0.15, 0.2) is 60.0 Å². The van der Waals surface area contributed by atoms with Crippen LogP contribution >= 0.6 is 11.3 Å². The standard InChI is InChI=1S/C26H26N4O3S/c31-23(18-5-2-1-3-6-18)15-30-14-4-7-22(30)25(33)29-26-28-21(16-34-26)17-8-10-19(11-9-17)24(32)27-20-12-13-20/h1-3,5-6,8-11,16,20,22H,4,7,12-15H2,(H,27,32)(H,28,29,33)/t22-/m0/s1. The number of thiazole rings is 1. The normalized spacial score (nSPS) is 17.9. The van der Waals surface area contributed by atoms with Crippen molar-refractivity contribution in [1.82, 2.24) is 15.2 Å². The Morgan fingerprint density at radius 3 is 2.47 bits per heavy atom. The van der Waals surface area contributed by atoms with Gasteiger partial charge in [-0.25, -0.2) is 4.98 Å². The molecule has 34 heavy (non-hydrogen) atoms. The van der Waals surface area contributed by atoms with Crippen molar-refractivity contribution in [3.8, 4) is 11.3 Å². The Balaban J connectivity index is 1.19. The van der Waals surface area contributed by atoms with Gasteiger partial charge in [0.1, 0.15) is 0 Å². The van der Waals surface area contributed by atoms with Gasteiger partial charge < -0.3 is 10.6 Å². The molecule has 0 radical (unpaired) electrons. The number of amides is 2. The van der Waals surface area contributed by atoms with Crippen molar-refractivity contribution in [2.45, 2.75) is 37.8 Å². The minimum absolute atomic E-state index is 0.0195. The van der Waals surface area contributed by atoms with Crippen LogP contribution in [0.3, 0.4) is 0 Å². The first kappa shape index (κ1) is 22.4. The lowest BCUT2D eigenvalue weighted by Gasteiger charge is -2.22. The quantitative estimate of drug-likeness (QED) is 0.482. The second-order valence-corrected chi connectivity index (χ2v) is 9.63. The molecule has 1 saturated heterocycles. The SMILES string of the molecule is O=C(CN1CCC[C@H]1C(=O)Nc1nc(-c2ccc(C(=O)NC3CC3)cc2)cs1)c1ccccc1. The maximum Gasteiger partial charge on any atom is 0.251 e. The minimum Gasteiger partial charge on any atom is -0.349 e. The van der Waals surface area contributed by atoms with Gasteiger partial charge in [-0.05, 0) is 44.4 Å². The molecule has 7 nitrogen and oxygen atoms in total. The smallest absolute Gasteiger partial charge is 0.251 e. The molecule has 2 N–H and O–H groups in total. The van der Waals surface area contributed by atoms with E-state index in [2.05, 4.69) is 15.6 Å². The monoisotopic (exact) mass is 474 g/mol. The zero-order valence-electron chi connectivity index (χ0n) is 18.7. The van der Waals surface area contributed by atoms with Gasteiger partial charge in [0.15, 0.2) is 10.9 Å². The van der Waals surface area contributed by atoms with Gasteiger partial charge >= 0.3 is 0 Å². The third-order valence-corrected chi connectivity index (χ3v) is 6.96. The number of likely N-dealkylation sites (tertiary alicyclic amines) is 1. The van der Waals surface area contributed by atoms with E-state index in [1.54, 1.807) is 24.3 Å². The Bertz CT molecular complexity index is 1190. The largest absolute Gasteiger partial charge is 0.349 e. The van der Waals surface area contributed by atoms with Gasteiger partial charge in [-0.1, -0.05) is 42.5 Å². The van der Waals surface area contributed by atoms with Gasteiger partial charge in [0.2, 0.25) is 5.91 Å². The number of hydrogen-bond donors (Lipinski definition) is 2. The molecule has 1 aromatic heterocycles. The lowest BCUT2D eigenvalue weighted by molar-refractivity contribution is -0.120. The summed E-state index contributed by atoms with van der Waals surface area (Å²) >= 11 is 1.36. The Morgan fingerprint density at radius 1 is 0.971 bits per heavy atom. The number of nitrogens with zero attached hydrogens (tertiary/aromatic N) is 2. The van der Waals surface area contributed by atoms with E-state index in [9.17, 15) is 14.4 Å². The number of benzene rings is 2. The number of ketones is 1. The van der Waals surface area contributed by atoms with E-state index in [1.807, 2.05) is 40.6 Å². The van der Waals surface area contributed by atoms with Gasteiger partial charge in [-0.2, -0.15) is 0 Å². The van der Waals surface area contributed by atoms with Crippen molar-refractivity contribution in [1.29, 1.82) is 0 Å². The molecular weight excluding hydrogens is 448 g/mol. The highest BCUT2D eigenvalue weighted by molar-refractivity contribution is 7.14. The first-order chi connectivity index (χ1) is 16.6. The first-order valence-electron chi connectivity index (χ1n) is 11.6. The van der Waals surface area contributed by atoms with E-state index >= 15 is 0 Å². The highest BCUT2D eigenvalue weighted by Gasteiger charge is 2.32. The van der Waals surface area contributed by atoms with Crippen molar-refractivity contribution in [2.24, 2.45) is 0 Å². The van der Waals surface area contributed by atoms with Gasteiger partial charge in [0.25, 0.3) is 5.91 Å². The predicted molar refractivity (Wildman–Crippen MR) is 132 cm³/mol. The Morgan fingerprint density at radius 2 is 1.74 bits per heavy atom. The second-order valence-electron chi connectivity index (χ2n) is 8.77. The van der Waals surface area contributed by atoms with E-state index in [0.717, 1.165) is 43.5 Å². The van der Waals surface area contributed by atoms with Crippen LogP contribution in [0.25, 0.3) is 11.3 Å². The van der Waals surface area contributed by atoms with Crippen LogP contribution < -0.4 is 10.6 Å². The minimum atomic E-state index is -0.343. The molecule has 2 aromatic carbocycles. The van der Waals surface area contributed by atoms with Crippen LogP contribution in [0.2, 0.25) is 0 Å². The van der Waals surface area contributed by atoms with Crippen LogP contribution in [0.4, 0.5) is 5.13 Å². The average molecular weight is 475 g/mol. The fourth-order valence-corrected chi connectivity index (χ4v) is 4.88. The fraction of sp³-hybridized carbons (Fsp3) is 0.308. The third kappa shape index (κ3) is 5.24. The van der Waals surface area contributed by atoms with Gasteiger partial charge in [-0.3, -0.25) is 19.3 Å². The molecule has 3 aromatic rings.